The van der Waals surface area contributed by atoms with E-state index >= 15 is 0 Å². The maximum atomic E-state index is 11.7. The van der Waals surface area contributed by atoms with Gasteiger partial charge in [0.1, 0.15) is 11.4 Å². The second-order valence-corrected chi connectivity index (χ2v) is 4.99. The SMILES string of the molecule is O=C1CCCC(=O)B1Cc1ccccc1Br. The lowest BCUT2D eigenvalue weighted by Crippen LogP contribution is -2.41. The number of carbonyl (C=O) groups excluding carboxylic acids is 2. The second-order valence-electron chi connectivity index (χ2n) is 4.13. The summed E-state index contributed by atoms with van der Waals surface area (Å²) in [4.78, 5) is 23.4. The van der Waals surface area contributed by atoms with Crippen LogP contribution >= 0.6 is 15.9 Å². The van der Waals surface area contributed by atoms with E-state index in [4.69, 9.17) is 0 Å². The molecule has 2 rings (SSSR count). The highest BCUT2D eigenvalue weighted by Gasteiger charge is 2.34. The van der Waals surface area contributed by atoms with Crippen LogP contribution in [0.4, 0.5) is 0 Å². The quantitative estimate of drug-likeness (QED) is 0.779. The molecule has 82 valence electrons. The molecule has 0 N–H and O–H groups in total. The van der Waals surface area contributed by atoms with Crippen molar-refractivity contribution in [3.05, 3.63) is 34.3 Å². The minimum Gasteiger partial charge on any atom is -0.310 e. The van der Waals surface area contributed by atoms with E-state index in [0.29, 0.717) is 19.2 Å². The summed E-state index contributed by atoms with van der Waals surface area (Å²) < 4.78 is 0.973. The monoisotopic (exact) mass is 278 g/mol. The fraction of sp³-hybridized carbons (Fsp3) is 0.333. The average molecular weight is 279 g/mol. The van der Waals surface area contributed by atoms with E-state index in [-0.39, 0.29) is 11.4 Å². The molecule has 1 aromatic rings. The largest absolute Gasteiger partial charge is 0.310 e. The molecule has 1 aliphatic heterocycles. The van der Waals surface area contributed by atoms with E-state index in [1.54, 1.807) is 0 Å². The smallest absolute Gasteiger partial charge is 0.306 e. The van der Waals surface area contributed by atoms with Gasteiger partial charge in [0.25, 0.3) is 0 Å². The van der Waals surface area contributed by atoms with Gasteiger partial charge < -0.3 is 9.59 Å². The van der Waals surface area contributed by atoms with Crippen molar-refractivity contribution in [2.75, 3.05) is 0 Å². The summed E-state index contributed by atoms with van der Waals surface area (Å²) in [5.74, 6) is 0. The second kappa shape index (κ2) is 4.96. The van der Waals surface area contributed by atoms with Crippen LogP contribution in [-0.2, 0) is 15.9 Å². The van der Waals surface area contributed by atoms with Crippen LogP contribution in [-0.4, -0.2) is 18.1 Å². The predicted molar refractivity (Wildman–Crippen MR) is 67.5 cm³/mol. The molecule has 1 aliphatic rings. The molecule has 1 fully saturated rings. The molecule has 2 nitrogen and oxygen atoms in total. The van der Waals surface area contributed by atoms with Gasteiger partial charge in [-0.05, 0) is 37.2 Å². The van der Waals surface area contributed by atoms with Crippen LogP contribution in [0.5, 0.6) is 0 Å². The van der Waals surface area contributed by atoms with Gasteiger partial charge in [-0.25, -0.2) is 0 Å². The topological polar surface area (TPSA) is 34.1 Å². The average Bonchev–Trinajstić information content (AvgIpc) is 2.26. The van der Waals surface area contributed by atoms with Crippen molar-refractivity contribution >= 4 is 34.0 Å². The summed E-state index contributed by atoms with van der Waals surface area (Å²) in [6.07, 6.45) is 2.38. The first kappa shape index (κ1) is 11.6. The third-order valence-electron chi connectivity index (χ3n) is 3.01. The highest BCUT2D eigenvalue weighted by atomic mass is 79.9. The Labute approximate surface area is 104 Å². The Balaban J connectivity index is 2.17. The molecular weight excluding hydrogens is 267 g/mol. The van der Waals surface area contributed by atoms with Crippen molar-refractivity contribution in [2.24, 2.45) is 0 Å². The fourth-order valence-electron chi connectivity index (χ4n) is 2.08. The summed E-state index contributed by atoms with van der Waals surface area (Å²) in [5.41, 5.74) is 1.25. The maximum absolute atomic E-state index is 11.7. The molecule has 0 radical (unpaired) electrons. The molecule has 0 aromatic heterocycles. The van der Waals surface area contributed by atoms with Gasteiger partial charge in [-0.15, -0.1) is 0 Å². The zero-order chi connectivity index (χ0) is 11.5. The van der Waals surface area contributed by atoms with Crippen LogP contribution in [0, 0.1) is 0 Å². The molecule has 0 saturated carbocycles. The minimum absolute atomic E-state index is 0.104. The van der Waals surface area contributed by atoms with Crippen LogP contribution in [0.3, 0.4) is 0 Å². The molecule has 4 heteroatoms. The van der Waals surface area contributed by atoms with Crippen molar-refractivity contribution in [2.45, 2.75) is 25.6 Å². The van der Waals surface area contributed by atoms with E-state index in [2.05, 4.69) is 15.9 Å². The van der Waals surface area contributed by atoms with Gasteiger partial charge in [0.2, 0.25) is 0 Å². The molecule has 0 amide bonds. The molecule has 0 aliphatic carbocycles. The molecule has 1 aromatic carbocycles. The van der Waals surface area contributed by atoms with Gasteiger partial charge in [0.05, 0.1) is 0 Å². The van der Waals surface area contributed by atoms with Crippen molar-refractivity contribution in [1.82, 2.24) is 0 Å². The van der Waals surface area contributed by atoms with Crippen LogP contribution in [0.25, 0.3) is 0 Å². The predicted octanol–water partition coefficient (Wildman–Crippen LogP) is 2.43. The lowest BCUT2D eigenvalue weighted by atomic mass is 9.37. The Kier molecular flexibility index (Phi) is 3.59. The van der Waals surface area contributed by atoms with Crippen LogP contribution in [0.1, 0.15) is 24.8 Å². The maximum Gasteiger partial charge on any atom is 0.306 e. The van der Waals surface area contributed by atoms with Gasteiger partial charge in [0, 0.05) is 4.47 Å². The number of halogens is 1. The first-order valence-corrected chi connectivity index (χ1v) is 6.26. The molecule has 1 heterocycles. The van der Waals surface area contributed by atoms with Crippen LogP contribution in [0.2, 0.25) is 0 Å². The first-order valence-electron chi connectivity index (χ1n) is 5.47. The van der Waals surface area contributed by atoms with Gasteiger partial charge >= 0.3 is 6.71 Å². The number of benzene rings is 1. The number of rotatable bonds is 2. The summed E-state index contributed by atoms with van der Waals surface area (Å²) in [7, 11) is 0. The van der Waals surface area contributed by atoms with E-state index in [1.165, 1.54) is 0 Å². The molecule has 0 unspecified atom stereocenters. The number of hydrogen-bond acceptors (Lipinski definition) is 2. The third-order valence-corrected chi connectivity index (χ3v) is 3.78. The molecule has 0 bridgehead atoms. The van der Waals surface area contributed by atoms with Crippen molar-refractivity contribution in [1.29, 1.82) is 0 Å². The van der Waals surface area contributed by atoms with Crippen molar-refractivity contribution < 1.29 is 9.59 Å². The standard InChI is InChI=1S/C12H12BBrO2/c14-10-5-2-1-4-9(10)8-13-11(15)6-3-7-12(13)16/h1-2,4-5H,3,6-8H2. The minimum atomic E-state index is -0.410. The third kappa shape index (κ3) is 2.43. The zero-order valence-electron chi connectivity index (χ0n) is 8.91. The highest BCUT2D eigenvalue weighted by Crippen LogP contribution is 2.20. The van der Waals surface area contributed by atoms with E-state index in [1.807, 2.05) is 24.3 Å². The van der Waals surface area contributed by atoms with Crippen LogP contribution < -0.4 is 0 Å². The molecule has 16 heavy (non-hydrogen) atoms. The first-order chi connectivity index (χ1) is 7.68. The van der Waals surface area contributed by atoms with Crippen molar-refractivity contribution in [3.63, 3.8) is 0 Å². The summed E-state index contributed by atoms with van der Waals surface area (Å²) >= 11 is 3.44. The van der Waals surface area contributed by atoms with Gasteiger partial charge in [-0.1, -0.05) is 34.1 Å². The Morgan fingerprint density at radius 2 is 1.75 bits per heavy atom. The summed E-state index contributed by atoms with van der Waals surface area (Å²) in [6.45, 7) is -0.410. The van der Waals surface area contributed by atoms with Crippen molar-refractivity contribution in [3.8, 4) is 0 Å². The lowest BCUT2D eigenvalue weighted by Gasteiger charge is -2.16. The normalized spacial score (nSPS) is 16.7. The summed E-state index contributed by atoms with van der Waals surface area (Å²) in [5, 5.41) is 0. The Morgan fingerprint density at radius 3 is 2.38 bits per heavy atom. The van der Waals surface area contributed by atoms with E-state index in [0.717, 1.165) is 16.5 Å². The molecule has 0 spiro atoms. The molecular formula is C12H12BBrO2. The fourth-order valence-corrected chi connectivity index (χ4v) is 2.52. The highest BCUT2D eigenvalue weighted by molar-refractivity contribution is 9.10. The van der Waals surface area contributed by atoms with Gasteiger partial charge in [-0.2, -0.15) is 0 Å². The molecule has 1 saturated heterocycles. The Morgan fingerprint density at radius 1 is 1.12 bits per heavy atom. The lowest BCUT2D eigenvalue weighted by molar-refractivity contribution is -0.118. The number of hydrogen-bond donors (Lipinski definition) is 0. The van der Waals surface area contributed by atoms with Crippen LogP contribution in [0.15, 0.2) is 28.7 Å². The summed E-state index contributed by atoms with van der Waals surface area (Å²) in [6, 6.07) is 7.75. The van der Waals surface area contributed by atoms with E-state index in [9.17, 15) is 9.59 Å². The van der Waals surface area contributed by atoms with Gasteiger partial charge in [-0.3, -0.25) is 0 Å². The molecule has 0 atom stereocenters. The van der Waals surface area contributed by atoms with Gasteiger partial charge in [0.15, 0.2) is 0 Å². The Bertz CT molecular complexity index is 415. The number of carbonyl (C=O) groups is 2. The van der Waals surface area contributed by atoms with E-state index < -0.39 is 6.71 Å². The Hall–Kier alpha value is -0.895. The zero-order valence-corrected chi connectivity index (χ0v) is 10.5.